The van der Waals surface area contributed by atoms with E-state index in [0.29, 0.717) is 18.3 Å². The normalized spacial score (nSPS) is 10.1. The lowest BCUT2D eigenvalue weighted by atomic mass is 10.2. The molecule has 1 aromatic rings. The van der Waals surface area contributed by atoms with Crippen molar-refractivity contribution in [1.29, 1.82) is 0 Å². The molecule has 0 aliphatic carbocycles. The molecule has 0 saturated carbocycles. The SMILES string of the molecule is CCOc1cncc(NC(=O)C(C)C)n1. The van der Waals surface area contributed by atoms with Crippen LogP contribution in [0.1, 0.15) is 20.8 Å². The van der Waals surface area contributed by atoms with Crippen molar-refractivity contribution in [3.8, 4) is 5.88 Å². The Labute approximate surface area is 88.9 Å². The number of carbonyl (C=O) groups excluding carboxylic acids is 1. The number of anilines is 1. The molecule has 15 heavy (non-hydrogen) atoms. The third kappa shape index (κ3) is 3.53. The van der Waals surface area contributed by atoms with E-state index >= 15 is 0 Å². The summed E-state index contributed by atoms with van der Waals surface area (Å²) in [5, 5.41) is 2.65. The number of aromatic nitrogens is 2. The van der Waals surface area contributed by atoms with E-state index in [9.17, 15) is 4.79 Å². The Morgan fingerprint density at radius 2 is 2.27 bits per heavy atom. The average Bonchev–Trinajstić information content (AvgIpc) is 2.18. The highest BCUT2D eigenvalue weighted by Gasteiger charge is 2.08. The second kappa shape index (κ2) is 5.29. The van der Waals surface area contributed by atoms with Crippen molar-refractivity contribution in [1.82, 2.24) is 9.97 Å². The lowest BCUT2D eigenvalue weighted by molar-refractivity contribution is -0.118. The third-order valence-electron chi connectivity index (χ3n) is 1.68. The number of ether oxygens (including phenoxy) is 1. The maximum absolute atomic E-state index is 11.4. The second-order valence-electron chi connectivity index (χ2n) is 3.32. The van der Waals surface area contributed by atoms with Crippen molar-refractivity contribution >= 4 is 11.7 Å². The second-order valence-corrected chi connectivity index (χ2v) is 3.32. The largest absolute Gasteiger partial charge is 0.477 e. The maximum Gasteiger partial charge on any atom is 0.234 e. The zero-order valence-electron chi connectivity index (χ0n) is 9.15. The van der Waals surface area contributed by atoms with Gasteiger partial charge in [0, 0.05) is 5.92 Å². The Hall–Kier alpha value is -1.65. The van der Waals surface area contributed by atoms with Gasteiger partial charge in [0.1, 0.15) is 0 Å². The molecule has 1 rings (SSSR count). The fraction of sp³-hybridized carbons (Fsp3) is 0.500. The van der Waals surface area contributed by atoms with Crippen molar-refractivity contribution in [2.24, 2.45) is 5.92 Å². The zero-order valence-corrected chi connectivity index (χ0v) is 9.15. The number of rotatable bonds is 4. The Kier molecular flexibility index (Phi) is 4.03. The molecule has 1 aromatic heterocycles. The summed E-state index contributed by atoms with van der Waals surface area (Å²) < 4.78 is 5.16. The van der Waals surface area contributed by atoms with Gasteiger partial charge in [0.2, 0.25) is 11.8 Å². The molecule has 1 N–H and O–H groups in total. The van der Waals surface area contributed by atoms with E-state index in [1.807, 2.05) is 20.8 Å². The number of carbonyl (C=O) groups is 1. The summed E-state index contributed by atoms with van der Waals surface area (Å²) in [6.45, 7) is 6.02. The minimum Gasteiger partial charge on any atom is -0.477 e. The first-order chi connectivity index (χ1) is 7.13. The van der Waals surface area contributed by atoms with Crippen LogP contribution < -0.4 is 10.1 Å². The summed E-state index contributed by atoms with van der Waals surface area (Å²) in [5.41, 5.74) is 0. The first-order valence-electron chi connectivity index (χ1n) is 4.89. The van der Waals surface area contributed by atoms with Crippen LogP contribution in [-0.4, -0.2) is 22.5 Å². The highest BCUT2D eigenvalue weighted by molar-refractivity contribution is 5.90. The minimum absolute atomic E-state index is 0.0810. The smallest absolute Gasteiger partial charge is 0.234 e. The van der Waals surface area contributed by atoms with Crippen molar-refractivity contribution in [2.45, 2.75) is 20.8 Å². The number of nitrogens with zero attached hydrogens (tertiary/aromatic N) is 2. The average molecular weight is 209 g/mol. The fourth-order valence-corrected chi connectivity index (χ4v) is 0.896. The van der Waals surface area contributed by atoms with Gasteiger partial charge in [-0.2, -0.15) is 4.98 Å². The van der Waals surface area contributed by atoms with E-state index in [2.05, 4.69) is 15.3 Å². The van der Waals surface area contributed by atoms with Gasteiger partial charge in [0.15, 0.2) is 5.82 Å². The van der Waals surface area contributed by atoms with Crippen LogP contribution in [0.5, 0.6) is 5.88 Å². The Morgan fingerprint density at radius 1 is 1.53 bits per heavy atom. The van der Waals surface area contributed by atoms with E-state index in [4.69, 9.17) is 4.74 Å². The van der Waals surface area contributed by atoms with Crippen LogP contribution in [0.2, 0.25) is 0 Å². The predicted molar refractivity (Wildman–Crippen MR) is 56.7 cm³/mol. The van der Waals surface area contributed by atoms with Gasteiger partial charge < -0.3 is 10.1 Å². The number of amides is 1. The molecule has 0 radical (unpaired) electrons. The molecule has 0 aliphatic heterocycles. The van der Waals surface area contributed by atoms with Gasteiger partial charge in [-0.15, -0.1) is 0 Å². The van der Waals surface area contributed by atoms with Gasteiger partial charge in [-0.25, -0.2) is 0 Å². The van der Waals surface area contributed by atoms with Crippen LogP contribution in [0.4, 0.5) is 5.82 Å². The van der Waals surface area contributed by atoms with E-state index in [-0.39, 0.29) is 11.8 Å². The molecule has 0 fully saturated rings. The monoisotopic (exact) mass is 209 g/mol. The summed E-state index contributed by atoms with van der Waals surface area (Å²) in [4.78, 5) is 19.3. The summed E-state index contributed by atoms with van der Waals surface area (Å²) >= 11 is 0. The predicted octanol–water partition coefficient (Wildman–Crippen LogP) is 1.47. The Balaban J connectivity index is 2.69. The molecule has 0 aliphatic rings. The van der Waals surface area contributed by atoms with Gasteiger partial charge in [0.25, 0.3) is 0 Å². The summed E-state index contributed by atoms with van der Waals surface area (Å²) in [6, 6.07) is 0. The van der Waals surface area contributed by atoms with Crippen molar-refractivity contribution in [3.63, 3.8) is 0 Å². The molecule has 1 amide bonds. The standard InChI is InChI=1S/C10H15N3O2/c1-4-15-9-6-11-5-8(12-9)13-10(14)7(2)3/h5-7H,4H2,1-3H3,(H,12,13,14). The lowest BCUT2D eigenvalue weighted by Gasteiger charge is -2.07. The minimum atomic E-state index is -0.0852. The lowest BCUT2D eigenvalue weighted by Crippen LogP contribution is -2.18. The van der Waals surface area contributed by atoms with Crippen molar-refractivity contribution in [3.05, 3.63) is 12.4 Å². The number of hydrogen-bond donors (Lipinski definition) is 1. The molecule has 0 bridgehead atoms. The van der Waals surface area contributed by atoms with Crippen molar-refractivity contribution in [2.75, 3.05) is 11.9 Å². The third-order valence-corrected chi connectivity index (χ3v) is 1.68. The van der Waals surface area contributed by atoms with Gasteiger partial charge in [-0.1, -0.05) is 13.8 Å². The van der Waals surface area contributed by atoms with Crippen LogP contribution >= 0.6 is 0 Å². The topological polar surface area (TPSA) is 64.1 Å². The van der Waals surface area contributed by atoms with Gasteiger partial charge in [-0.05, 0) is 6.92 Å². The maximum atomic E-state index is 11.4. The molecule has 0 atom stereocenters. The Bertz CT molecular complexity index is 339. The van der Waals surface area contributed by atoms with Crippen LogP contribution in [-0.2, 0) is 4.79 Å². The molecule has 1 heterocycles. The number of nitrogens with one attached hydrogen (secondary N) is 1. The zero-order chi connectivity index (χ0) is 11.3. The molecule has 5 heteroatoms. The van der Waals surface area contributed by atoms with Gasteiger partial charge in [-0.3, -0.25) is 9.78 Å². The van der Waals surface area contributed by atoms with E-state index < -0.39 is 0 Å². The Morgan fingerprint density at radius 3 is 2.87 bits per heavy atom. The molecular formula is C10H15N3O2. The van der Waals surface area contributed by atoms with Crippen LogP contribution in [0.3, 0.4) is 0 Å². The van der Waals surface area contributed by atoms with E-state index in [1.165, 1.54) is 12.4 Å². The molecule has 0 unspecified atom stereocenters. The van der Waals surface area contributed by atoms with Gasteiger partial charge >= 0.3 is 0 Å². The highest BCUT2D eigenvalue weighted by Crippen LogP contribution is 2.09. The molecular weight excluding hydrogens is 194 g/mol. The van der Waals surface area contributed by atoms with Gasteiger partial charge in [0.05, 0.1) is 19.0 Å². The summed E-state index contributed by atoms with van der Waals surface area (Å²) in [7, 11) is 0. The molecule has 0 aromatic carbocycles. The molecule has 82 valence electrons. The molecule has 0 spiro atoms. The highest BCUT2D eigenvalue weighted by atomic mass is 16.5. The summed E-state index contributed by atoms with van der Waals surface area (Å²) in [5.74, 6) is 0.666. The molecule has 0 saturated heterocycles. The fourth-order valence-electron chi connectivity index (χ4n) is 0.896. The van der Waals surface area contributed by atoms with E-state index in [1.54, 1.807) is 0 Å². The first kappa shape index (κ1) is 11.4. The molecule has 5 nitrogen and oxygen atoms in total. The first-order valence-corrected chi connectivity index (χ1v) is 4.89. The van der Waals surface area contributed by atoms with Crippen LogP contribution in [0.15, 0.2) is 12.4 Å². The quantitative estimate of drug-likeness (QED) is 0.815. The van der Waals surface area contributed by atoms with E-state index in [0.717, 1.165) is 0 Å². The number of hydrogen-bond acceptors (Lipinski definition) is 4. The van der Waals surface area contributed by atoms with Crippen molar-refractivity contribution < 1.29 is 9.53 Å². The summed E-state index contributed by atoms with van der Waals surface area (Å²) in [6.07, 6.45) is 3.00. The van der Waals surface area contributed by atoms with Crippen LogP contribution in [0, 0.1) is 5.92 Å². The van der Waals surface area contributed by atoms with Crippen LogP contribution in [0.25, 0.3) is 0 Å².